The quantitative estimate of drug-likeness (QED) is 0.619. The number of amides is 3. The van der Waals surface area contributed by atoms with E-state index in [1.807, 2.05) is 0 Å². The van der Waals surface area contributed by atoms with Gasteiger partial charge in [0.05, 0.1) is 33.6 Å². The molecule has 11 heteroatoms. The Bertz CT molecular complexity index is 950. The molecular weight excluding hydrogens is 445 g/mol. The summed E-state index contributed by atoms with van der Waals surface area (Å²) in [5.74, 6) is -0.968. The number of carbonyl (C=O) groups excluding carboxylic acids is 3. The Morgan fingerprint density at radius 3 is 2.42 bits per heavy atom. The van der Waals surface area contributed by atoms with Crippen LogP contribution < -0.4 is 10.6 Å². The lowest BCUT2D eigenvalue weighted by atomic mass is 10.1. The maximum absolute atomic E-state index is 12.7. The fraction of sp³-hybridized carbons (Fsp3) is 0.400. The number of rotatable bonds is 5. The molecule has 0 spiro atoms. The number of carbonyl (C=O) groups is 3. The number of ether oxygens (including phenoxy) is 1. The number of aromatic nitrogens is 2. The fourth-order valence-electron chi connectivity index (χ4n) is 3.19. The summed E-state index contributed by atoms with van der Waals surface area (Å²) in [5, 5.41) is 12.4. The number of H-pyrrole nitrogens is 1. The minimum Gasteiger partial charge on any atom is -0.447 e. The molecule has 0 aliphatic carbocycles. The van der Waals surface area contributed by atoms with Crippen LogP contribution in [0.25, 0.3) is 0 Å². The third-order valence-electron chi connectivity index (χ3n) is 4.73. The van der Waals surface area contributed by atoms with E-state index in [9.17, 15) is 14.4 Å². The molecule has 2 aromatic rings. The zero-order valence-corrected chi connectivity index (χ0v) is 18.6. The van der Waals surface area contributed by atoms with Gasteiger partial charge in [0.2, 0.25) is 0 Å². The molecule has 1 fully saturated rings. The van der Waals surface area contributed by atoms with Gasteiger partial charge in [-0.3, -0.25) is 14.7 Å². The molecule has 2 heterocycles. The van der Waals surface area contributed by atoms with Crippen molar-refractivity contribution in [3.63, 3.8) is 0 Å². The molecule has 9 nitrogen and oxygen atoms in total. The van der Waals surface area contributed by atoms with Crippen LogP contribution in [0.1, 0.15) is 47.5 Å². The minimum atomic E-state index is -0.553. The first-order valence-corrected chi connectivity index (χ1v) is 10.6. The molecule has 3 rings (SSSR count). The standard InChI is InChI=1S/C20H23Cl2N5O4/c1-11(2)31-20(30)27-8-6-12(7-9-27)24-19(29)17-15(10-23-26-17)25-18(28)16-13(21)4-3-5-14(16)22/h3-5,10-12H,6-9H2,1-2H3,(H,23,26)(H,24,29)(H,25,28). The largest absolute Gasteiger partial charge is 0.447 e. The normalized spacial score (nSPS) is 14.4. The van der Waals surface area contributed by atoms with Crippen LogP contribution in [-0.2, 0) is 4.74 Å². The van der Waals surface area contributed by atoms with E-state index in [0.717, 1.165) is 0 Å². The Morgan fingerprint density at radius 2 is 1.81 bits per heavy atom. The first-order valence-electron chi connectivity index (χ1n) is 9.81. The number of nitrogens with one attached hydrogen (secondary N) is 3. The SMILES string of the molecule is CC(C)OC(=O)N1CCC(NC(=O)c2[nH]ncc2NC(=O)c2c(Cl)cccc2Cl)CC1. The molecule has 0 saturated carbocycles. The molecule has 1 aromatic heterocycles. The molecule has 0 unspecified atom stereocenters. The lowest BCUT2D eigenvalue weighted by molar-refractivity contribution is 0.0667. The molecule has 0 radical (unpaired) electrons. The lowest BCUT2D eigenvalue weighted by Gasteiger charge is -2.32. The fourth-order valence-corrected chi connectivity index (χ4v) is 3.76. The van der Waals surface area contributed by atoms with Crippen molar-refractivity contribution in [1.82, 2.24) is 20.4 Å². The Morgan fingerprint density at radius 1 is 1.16 bits per heavy atom. The highest BCUT2D eigenvalue weighted by molar-refractivity contribution is 6.40. The van der Waals surface area contributed by atoms with Crippen molar-refractivity contribution in [3.05, 3.63) is 45.7 Å². The zero-order valence-electron chi connectivity index (χ0n) is 17.1. The molecule has 1 aliphatic heterocycles. The van der Waals surface area contributed by atoms with E-state index in [4.69, 9.17) is 27.9 Å². The van der Waals surface area contributed by atoms with Crippen LogP contribution in [0.5, 0.6) is 0 Å². The molecule has 0 atom stereocenters. The van der Waals surface area contributed by atoms with Crippen LogP contribution in [0, 0.1) is 0 Å². The maximum Gasteiger partial charge on any atom is 0.410 e. The Hall–Kier alpha value is -2.78. The smallest absolute Gasteiger partial charge is 0.410 e. The summed E-state index contributed by atoms with van der Waals surface area (Å²) in [6.07, 6.45) is 1.98. The highest BCUT2D eigenvalue weighted by atomic mass is 35.5. The zero-order chi connectivity index (χ0) is 22.5. The number of halogens is 2. The van der Waals surface area contributed by atoms with Crippen LogP contribution in [-0.4, -0.2) is 58.2 Å². The highest BCUT2D eigenvalue weighted by Gasteiger charge is 2.27. The predicted octanol–water partition coefficient (Wildman–Crippen LogP) is 3.71. The second-order valence-corrected chi connectivity index (χ2v) is 8.19. The van der Waals surface area contributed by atoms with E-state index in [1.165, 1.54) is 6.20 Å². The van der Waals surface area contributed by atoms with Gasteiger partial charge in [-0.25, -0.2) is 4.79 Å². The van der Waals surface area contributed by atoms with Gasteiger partial charge < -0.3 is 20.3 Å². The van der Waals surface area contributed by atoms with Gasteiger partial charge in [-0.15, -0.1) is 0 Å². The van der Waals surface area contributed by atoms with Crippen molar-refractivity contribution in [1.29, 1.82) is 0 Å². The first-order chi connectivity index (χ1) is 14.8. The summed E-state index contributed by atoms with van der Waals surface area (Å²) in [5.41, 5.74) is 0.425. The third kappa shape index (κ3) is 5.68. The molecule has 1 aromatic carbocycles. The molecule has 0 bridgehead atoms. The summed E-state index contributed by atoms with van der Waals surface area (Å²) in [7, 11) is 0. The molecule has 166 valence electrons. The Kier molecular flexibility index (Phi) is 7.40. The molecule has 1 saturated heterocycles. The number of hydrogen-bond acceptors (Lipinski definition) is 5. The molecule has 31 heavy (non-hydrogen) atoms. The van der Waals surface area contributed by atoms with E-state index >= 15 is 0 Å². The van der Waals surface area contributed by atoms with Crippen LogP contribution in [0.3, 0.4) is 0 Å². The van der Waals surface area contributed by atoms with E-state index in [0.29, 0.717) is 25.9 Å². The van der Waals surface area contributed by atoms with Crippen LogP contribution in [0.2, 0.25) is 10.0 Å². The number of hydrogen-bond donors (Lipinski definition) is 3. The Labute approximate surface area is 189 Å². The van der Waals surface area contributed by atoms with Gasteiger partial charge in [0.25, 0.3) is 11.8 Å². The van der Waals surface area contributed by atoms with Gasteiger partial charge >= 0.3 is 6.09 Å². The number of anilines is 1. The van der Waals surface area contributed by atoms with Gasteiger partial charge in [-0.1, -0.05) is 29.3 Å². The van der Waals surface area contributed by atoms with Crippen molar-refractivity contribution in [2.24, 2.45) is 0 Å². The summed E-state index contributed by atoms with van der Waals surface area (Å²) in [6.45, 7) is 4.55. The third-order valence-corrected chi connectivity index (χ3v) is 5.36. The summed E-state index contributed by atoms with van der Waals surface area (Å²) in [6, 6.07) is 4.61. The first kappa shape index (κ1) is 22.9. The summed E-state index contributed by atoms with van der Waals surface area (Å²) in [4.78, 5) is 38.9. The maximum atomic E-state index is 12.7. The van der Waals surface area contributed by atoms with Crippen molar-refractivity contribution in [2.75, 3.05) is 18.4 Å². The van der Waals surface area contributed by atoms with Gasteiger partial charge in [-0.05, 0) is 38.8 Å². The number of piperidine rings is 1. The number of benzene rings is 1. The average molecular weight is 468 g/mol. The number of likely N-dealkylation sites (tertiary alicyclic amines) is 1. The van der Waals surface area contributed by atoms with Crippen molar-refractivity contribution >= 4 is 46.8 Å². The van der Waals surface area contributed by atoms with Crippen molar-refractivity contribution in [3.8, 4) is 0 Å². The van der Waals surface area contributed by atoms with Crippen LogP contribution in [0.15, 0.2) is 24.4 Å². The summed E-state index contributed by atoms with van der Waals surface area (Å²) < 4.78 is 5.20. The molecule has 3 amide bonds. The summed E-state index contributed by atoms with van der Waals surface area (Å²) >= 11 is 12.1. The topological polar surface area (TPSA) is 116 Å². The average Bonchev–Trinajstić information content (AvgIpc) is 3.16. The molecule has 3 N–H and O–H groups in total. The van der Waals surface area contributed by atoms with Gasteiger partial charge in [0, 0.05) is 19.1 Å². The number of nitrogens with zero attached hydrogens (tertiary/aromatic N) is 2. The van der Waals surface area contributed by atoms with Crippen molar-refractivity contribution in [2.45, 2.75) is 38.8 Å². The van der Waals surface area contributed by atoms with E-state index in [1.54, 1.807) is 36.9 Å². The number of aromatic amines is 1. The lowest BCUT2D eigenvalue weighted by Crippen LogP contribution is -2.47. The second-order valence-electron chi connectivity index (χ2n) is 7.38. The van der Waals surface area contributed by atoms with Gasteiger partial charge in [0.15, 0.2) is 0 Å². The molecule has 1 aliphatic rings. The van der Waals surface area contributed by atoms with Crippen LogP contribution in [0.4, 0.5) is 10.5 Å². The second kappa shape index (κ2) is 10.0. The minimum absolute atomic E-state index is 0.109. The Balaban J connectivity index is 1.59. The molecular formula is C20H23Cl2N5O4. The van der Waals surface area contributed by atoms with Gasteiger partial charge in [-0.2, -0.15) is 5.10 Å². The van der Waals surface area contributed by atoms with E-state index in [2.05, 4.69) is 20.8 Å². The van der Waals surface area contributed by atoms with Crippen molar-refractivity contribution < 1.29 is 19.1 Å². The highest BCUT2D eigenvalue weighted by Crippen LogP contribution is 2.26. The van der Waals surface area contributed by atoms with E-state index in [-0.39, 0.29) is 45.2 Å². The monoisotopic (exact) mass is 467 g/mol. The van der Waals surface area contributed by atoms with E-state index < -0.39 is 11.8 Å². The van der Waals surface area contributed by atoms with Crippen LogP contribution >= 0.6 is 23.2 Å². The van der Waals surface area contributed by atoms with Gasteiger partial charge in [0.1, 0.15) is 5.69 Å². The predicted molar refractivity (Wildman–Crippen MR) is 117 cm³/mol.